The van der Waals surface area contributed by atoms with Crippen molar-refractivity contribution in [3.05, 3.63) is 76.1 Å². The predicted octanol–water partition coefficient (Wildman–Crippen LogP) is 4.02. The van der Waals surface area contributed by atoms with E-state index in [9.17, 15) is 13.2 Å². The van der Waals surface area contributed by atoms with Crippen LogP contribution >= 0.6 is 11.6 Å². The minimum atomic E-state index is -3.83. The third-order valence-corrected chi connectivity index (χ3v) is 5.19. The van der Waals surface area contributed by atoms with Crippen LogP contribution in [0.25, 0.3) is 33.6 Å². The molecule has 27 heavy (non-hydrogen) atoms. The Morgan fingerprint density at radius 3 is 2.22 bits per heavy atom. The first kappa shape index (κ1) is 17.5. The second kappa shape index (κ2) is 6.38. The average Bonchev–Trinajstić information content (AvgIpc) is 3.07. The molecule has 0 unspecified atom stereocenters. The van der Waals surface area contributed by atoms with Gasteiger partial charge in [0.1, 0.15) is 22.7 Å². The molecular formula is C19H12ClNO5S. The minimum absolute atomic E-state index is 0.0445. The van der Waals surface area contributed by atoms with Crippen LogP contribution in [0.5, 0.6) is 0 Å². The molecule has 6 nitrogen and oxygen atoms in total. The highest BCUT2D eigenvalue weighted by molar-refractivity contribution is 7.89. The lowest BCUT2D eigenvalue weighted by Crippen LogP contribution is -2.12. The van der Waals surface area contributed by atoms with Crippen LogP contribution in [0, 0.1) is 0 Å². The molecule has 2 heterocycles. The van der Waals surface area contributed by atoms with Crippen molar-refractivity contribution in [2.24, 2.45) is 5.14 Å². The average molecular weight is 402 g/mol. The predicted molar refractivity (Wildman–Crippen MR) is 102 cm³/mol. The first-order valence-corrected chi connectivity index (χ1v) is 9.72. The van der Waals surface area contributed by atoms with Crippen LogP contribution in [-0.2, 0) is 10.0 Å². The third-order valence-electron chi connectivity index (χ3n) is 4.06. The van der Waals surface area contributed by atoms with Gasteiger partial charge in [0.2, 0.25) is 15.5 Å². The van der Waals surface area contributed by atoms with E-state index in [1.807, 2.05) is 0 Å². The zero-order chi connectivity index (χ0) is 19.2. The highest BCUT2D eigenvalue weighted by atomic mass is 35.5. The molecular weight excluding hydrogens is 390 g/mol. The number of para-hydroxylation sites is 1. The molecule has 2 N–H and O–H groups in total. The molecule has 4 rings (SSSR count). The Morgan fingerprint density at radius 1 is 0.889 bits per heavy atom. The maximum atomic E-state index is 13.1. The van der Waals surface area contributed by atoms with Crippen LogP contribution < -0.4 is 10.6 Å². The molecule has 8 heteroatoms. The van der Waals surface area contributed by atoms with Crippen LogP contribution in [0.3, 0.4) is 0 Å². The quantitative estimate of drug-likeness (QED) is 0.558. The standard InChI is InChI=1S/C19H12ClNO5S/c20-16-10-9-15(25-16)17-18(22)13-3-1-2-4-14(13)26-19(17)11-5-7-12(8-6-11)27(21,23)24/h1-10H,(H2,21,23,24). The van der Waals surface area contributed by atoms with Gasteiger partial charge in [-0.2, -0.15) is 0 Å². The largest absolute Gasteiger partial charge is 0.455 e. The van der Waals surface area contributed by atoms with Crippen LogP contribution in [0.1, 0.15) is 0 Å². The Labute approximate surface area is 158 Å². The molecule has 0 aliphatic heterocycles. The lowest BCUT2D eigenvalue weighted by molar-refractivity contribution is 0.575. The molecule has 0 amide bonds. The molecule has 0 saturated carbocycles. The fraction of sp³-hybridized carbons (Fsp3) is 0. The highest BCUT2D eigenvalue weighted by Gasteiger charge is 2.21. The normalized spacial score (nSPS) is 11.8. The molecule has 0 aliphatic carbocycles. The number of sulfonamides is 1. The summed E-state index contributed by atoms with van der Waals surface area (Å²) in [6.07, 6.45) is 0. The molecule has 4 aromatic rings. The summed E-state index contributed by atoms with van der Waals surface area (Å²) in [4.78, 5) is 13.0. The van der Waals surface area contributed by atoms with Crippen molar-refractivity contribution in [1.29, 1.82) is 0 Å². The fourth-order valence-corrected chi connectivity index (χ4v) is 3.48. The van der Waals surface area contributed by atoms with Gasteiger partial charge in [-0.05, 0) is 60.1 Å². The monoisotopic (exact) mass is 401 g/mol. The first-order chi connectivity index (χ1) is 12.8. The van der Waals surface area contributed by atoms with Crippen LogP contribution in [-0.4, -0.2) is 8.42 Å². The van der Waals surface area contributed by atoms with Crippen molar-refractivity contribution in [1.82, 2.24) is 0 Å². The van der Waals surface area contributed by atoms with Gasteiger partial charge >= 0.3 is 0 Å². The molecule has 0 atom stereocenters. The number of fused-ring (bicyclic) bond motifs is 1. The molecule has 0 aliphatic rings. The van der Waals surface area contributed by atoms with Crippen molar-refractivity contribution in [3.8, 4) is 22.6 Å². The van der Waals surface area contributed by atoms with E-state index in [4.69, 9.17) is 25.6 Å². The molecule has 0 spiro atoms. The lowest BCUT2D eigenvalue weighted by atomic mass is 10.0. The first-order valence-electron chi connectivity index (χ1n) is 7.79. The highest BCUT2D eigenvalue weighted by Crippen LogP contribution is 2.34. The van der Waals surface area contributed by atoms with Gasteiger partial charge in [-0.25, -0.2) is 13.6 Å². The van der Waals surface area contributed by atoms with Gasteiger partial charge in [0.05, 0.1) is 10.3 Å². The maximum Gasteiger partial charge on any atom is 0.238 e. The van der Waals surface area contributed by atoms with Gasteiger partial charge in [0.25, 0.3) is 0 Å². The summed E-state index contributed by atoms with van der Waals surface area (Å²) in [5.41, 5.74) is 0.805. The second-order valence-corrected chi connectivity index (χ2v) is 7.74. The number of hydrogen-bond donors (Lipinski definition) is 1. The summed E-state index contributed by atoms with van der Waals surface area (Å²) in [5, 5.41) is 5.66. The second-order valence-electron chi connectivity index (χ2n) is 5.80. The summed E-state index contributed by atoms with van der Waals surface area (Å²) in [7, 11) is -3.83. The van der Waals surface area contributed by atoms with E-state index in [-0.39, 0.29) is 32.6 Å². The van der Waals surface area contributed by atoms with E-state index in [0.29, 0.717) is 16.5 Å². The van der Waals surface area contributed by atoms with Gasteiger partial charge in [-0.3, -0.25) is 4.79 Å². The summed E-state index contributed by atoms with van der Waals surface area (Å²) in [6, 6.07) is 15.6. The SMILES string of the molecule is NS(=O)(=O)c1ccc(-c2oc3ccccc3c(=O)c2-c2ccc(Cl)o2)cc1. The van der Waals surface area contributed by atoms with Crippen LogP contribution in [0.15, 0.2) is 79.2 Å². The Balaban J connectivity index is 2.03. The molecule has 2 aromatic heterocycles. The number of primary sulfonamides is 1. The number of halogens is 1. The smallest absolute Gasteiger partial charge is 0.238 e. The Kier molecular flexibility index (Phi) is 4.15. The molecule has 0 bridgehead atoms. The number of benzene rings is 2. The van der Waals surface area contributed by atoms with Crippen molar-refractivity contribution in [2.75, 3.05) is 0 Å². The number of nitrogens with two attached hydrogens (primary N) is 1. The summed E-state index contributed by atoms with van der Waals surface area (Å²) in [6.45, 7) is 0. The van der Waals surface area contributed by atoms with Crippen molar-refractivity contribution < 1.29 is 17.3 Å². The fourth-order valence-electron chi connectivity index (χ4n) is 2.81. The van der Waals surface area contributed by atoms with Crippen molar-refractivity contribution >= 4 is 32.6 Å². The van der Waals surface area contributed by atoms with E-state index in [1.165, 1.54) is 30.3 Å². The lowest BCUT2D eigenvalue weighted by Gasteiger charge is -2.09. The Morgan fingerprint density at radius 2 is 1.59 bits per heavy atom. The van der Waals surface area contributed by atoms with Gasteiger partial charge in [0.15, 0.2) is 5.22 Å². The van der Waals surface area contributed by atoms with Crippen LogP contribution in [0.2, 0.25) is 5.22 Å². The van der Waals surface area contributed by atoms with Gasteiger partial charge < -0.3 is 8.83 Å². The molecule has 136 valence electrons. The third kappa shape index (κ3) is 3.16. The van der Waals surface area contributed by atoms with Crippen molar-refractivity contribution in [2.45, 2.75) is 4.90 Å². The Hall–Kier alpha value is -2.87. The van der Waals surface area contributed by atoms with E-state index < -0.39 is 10.0 Å². The van der Waals surface area contributed by atoms with E-state index in [2.05, 4.69) is 0 Å². The maximum absolute atomic E-state index is 13.1. The van der Waals surface area contributed by atoms with E-state index >= 15 is 0 Å². The number of rotatable bonds is 3. The zero-order valence-electron chi connectivity index (χ0n) is 13.7. The Bertz CT molecular complexity index is 1320. The van der Waals surface area contributed by atoms with Gasteiger partial charge in [-0.1, -0.05) is 12.1 Å². The topological polar surface area (TPSA) is 104 Å². The zero-order valence-corrected chi connectivity index (χ0v) is 15.3. The molecule has 0 fully saturated rings. The van der Waals surface area contributed by atoms with E-state index in [1.54, 1.807) is 30.3 Å². The van der Waals surface area contributed by atoms with Crippen molar-refractivity contribution in [3.63, 3.8) is 0 Å². The van der Waals surface area contributed by atoms with E-state index in [0.717, 1.165) is 0 Å². The summed E-state index contributed by atoms with van der Waals surface area (Å²) >= 11 is 5.87. The summed E-state index contributed by atoms with van der Waals surface area (Å²) < 4.78 is 34.3. The minimum Gasteiger partial charge on any atom is -0.455 e. The van der Waals surface area contributed by atoms with Crippen LogP contribution in [0.4, 0.5) is 0 Å². The molecule has 0 saturated heterocycles. The van der Waals surface area contributed by atoms with Gasteiger partial charge in [-0.15, -0.1) is 0 Å². The number of hydrogen-bond acceptors (Lipinski definition) is 5. The molecule has 2 aromatic carbocycles. The number of furan rings is 1. The molecule has 0 radical (unpaired) electrons. The summed E-state index contributed by atoms with van der Waals surface area (Å²) in [5.74, 6) is 0.496. The van der Waals surface area contributed by atoms with Gasteiger partial charge in [0, 0.05) is 5.56 Å².